The zero-order valence-electron chi connectivity index (χ0n) is 19.2. The van der Waals surface area contributed by atoms with E-state index >= 15 is 0 Å². The number of carboxylic acids is 1. The Bertz CT molecular complexity index is 1140. The van der Waals surface area contributed by atoms with Crippen LogP contribution in [0.1, 0.15) is 30.8 Å². The number of aliphatic carboxylic acids is 1. The summed E-state index contributed by atoms with van der Waals surface area (Å²) in [7, 11) is 1.37. The van der Waals surface area contributed by atoms with Crippen LogP contribution in [0.25, 0.3) is 0 Å². The average Bonchev–Trinajstić information content (AvgIpc) is 3.50. The van der Waals surface area contributed by atoms with Gasteiger partial charge in [-0.3, -0.25) is 9.59 Å². The van der Waals surface area contributed by atoms with Gasteiger partial charge in [-0.05, 0) is 44.0 Å². The smallest absolute Gasteiger partial charge is 0.409 e. The highest BCUT2D eigenvalue weighted by Gasteiger charge is 2.50. The number of thiazole rings is 1. The summed E-state index contributed by atoms with van der Waals surface area (Å²) in [5.74, 6) is -0.509. The second-order valence-electron chi connectivity index (χ2n) is 9.29. The van der Waals surface area contributed by atoms with Gasteiger partial charge in [0.15, 0.2) is 0 Å². The number of carboxylic acid groups (broad SMARTS) is 1. The first-order valence-corrected chi connectivity index (χ1v) is 13.0. The van der Waals surface area contributed by atoms with Crippen molar-refractivity contribution in [1.82, 2.24) is 9.88 Å². The summed E-state index contributed by atoms with van der Waals surface area (Å²) in [6, 6.07) is 5.53. The summed E-state index contributed by atoms with van der Waals surface area (Å²) in [5.41, 5.74) is 0.566. The van der Waals surface area contributed by atoms with E-state index in [9.17, 15) is 19.5 Å². The highest BCUT2D eigenvalue weighted by atomic mass is 35.5. The highest BCUT2D eigenvalue weighted by molar-refractivity contribution is 8.01. The number of thioether (sulfide) groups is 1. The number of methoxy groups -OCH3 is 1. The van der Waals surface area contributed by atoms with Crippen LogP contribution in [0.5, 0.6) is 0 Å². The van der Waals surface area contributed by atoms with E-state index in [1.807, 2.05) is 12.1 Å². The molecule has 11 heteroatoms. The molecule has 0 saturated carbocycles. The third-order valence-corrected chi connectivity index (χ3v) is 9.24. The van der Waals surface area contributed by atoms with Crippen molar-refractivity contribution >= 4 is 58.4 Å². The third-order valence-electron chi connectivity index (χ3n) is 6.36. The van der Waals surface area contributed by atoms with Crippen molar-refractivity contribution in [3.8, 4) is 0 Å². The number of likely N-dealkylation sites (tertiary alicyclic amines) is 1. The van der Waals surface area contributed by atoms with Crippen molar-refractivity contribution in [2.45, 2.75) is 36.3 Å². The molecule has 0 aliphatic carbocycles. The van der Waals surface area contributed by atoms with E-state index in [2.05, 4.69) is 4.98 Å². The summed E-state index contributed by atoms with van der Waals surface area (Å²) in [6.45, 7) is 4.86. The van der Waals surface area contributed by atoms with Gasteiger partial charge in [-0.1, -0.05) is 11.6 Å². The van der Waals surface area contributed by atoms with Crippen molar-refractivity contribution in [3.05, 3.63) is 40.0 Å². The number of carbonyl (C=O) groups excluding carboxylic acids is 2. The molecule has 0 radical (unpaired) electrons. The van der Waals surface area contributed by atoms with Gasteiger partial charge in [0.2, 0.25) is 5.91 Å². The van der Waals surface area contributed by atoms with Crippen molar-refractivity contribution < 1.29 is 24.2 Å². The second-order valence-corrected chi connectivity index (χ2v) is 12.1. The molecule has 1 N–H and O–H groups in total. The molecule has 1 aromatic heterocycles. The predicted molar refractivity (Wildman–Crippen MR) is 132 cm³/mol. The molecule has 1 spiro atoms. The van der Waals surface area contributed by atoms with E-state index < -0.39 is 11.4 Å². The number of hydrogen-bond donors (Lipinski definition) is 1. The lowest BCUT2D eigenvalue weighted by atomic mass is 9.81. The first-order chi connectivity index (χ1) is 16.0. The van der Waals surface area contributed by atoms with Crippen LogP contribution < -0.4 is 4.90 Å². The molecule has 1 unspecified atom stereocenters. The molecule has 182 valence electrons. The number of halogens is 1. The first kappa shape index (κ1) is 24.8. The summed E-state index contributed by atoms with van der Waals surface area (Å²) in [6.07, 6.45) is 2.19. The fourth-order valence-electron chi connectivity index (χ4n) is 4.35. The lowest BCUT2D eigenvalue weighted by molar-refractivity contribution is -0.145. The molecule has 1 atom stereocenters. The van der Waals surface area contributed by atoms with Crippen LogP contribution in [-0.2, 0) is 26.2 Å². The van der Waals surface area contributed by atoms with Gasteiger partial charge in [0.25, 0.3) is 0 Å². The van der Waals surface area contributed by atoms with E-state index in [0.717, 1.165) is 21.9 Å². The van der Waals surface area contributed by atoms with Gasteiger partial charge >= 0.3 is 12.1 Å². The van der Waals surface area contributed by atoms with E-state index in [0.29, 0.717) is 35.4 Å². The maximum absolute atomic E-state index is 13.4. The lowest BCUT2D eigenvalue weighted by Gasteiger charge is -2.25. The van der Waals surface area contributed by atoms with Gasteiger partial charge < -0.3 is 19.6 Å². The SMILES string of the molecule is COC(=O)N1CCC2(C1)CN(C(=O)Cc1ncc(SCC(C)(C)C(=O)O)s1)c1ccc(Cl)cc12. The van der Waals surface area contributed by atoms with Crippen molar-refractivity contribution in [1.29, 1.82) is 0 Å². The molecule has 2 aliphatic rings. The fourth-order valence-corrected chi connectivity index (χ4v) is 6.62. The Labute approximate surface area is 211 Å². The quantitative estimate of drug-likeness (QED) is 0.563. The lowest BCUT2D eigenvalue weighted by Crippen LogP contribution is -2.40. The number of benzene rings is 1. The van der Waals surface area contributed by atoms with Gasteiger partial charge in [0, 0.05) is 41.5 Å². The highest BCUT2D eigenvalue weighted by Crippen LogP contribution is 2.47. The zero-order chi connectivity index (χ0) is 24.7. The van der Waals surface area contributed by atoms with Crippen LogP contribution in [0.2, 0.25) is 5.02 Å². The maximum Gasteiger partial charge on any atom is 0.409 e. The van der Waals surface area contributed by atoms with Gasteiger partial charge in [0.1, 0.15) is 5.01 Å². The minimum atomic E-state index is -0.848. The molecule has 8 nitrogen and oxygen atoms in total. The molecule has 0 bridgehead atoms. The van der Waals surface area contributed by atoms with Crippen LogP contribution >= 0.6 is 34.7 Å². The minimum absolute atomic E-state index is 0.0752. The Morgan fingerprint density at radius 3 is 2.79 bits per heavy atom. The Hall–Kier alpha value is -2.30. The third kappa shape index (κ3) is 4.76. The topological polar surface area (TPSA) is 100 Å². The molecule has 4 rings (SSSR count). The molecule has 3 heterocycles. The number of nitrogens with zero attached hydrogens (tertiary/aromatic N) is 3. The number of rotatable bonds is 6. The number of carbonyl (C=O) groups is 3. The van der Waals surface area contributed by atoms with Crippen LogP contribution in [-0.4, -0.2) is 65.5 Å². The molecule has 1 saturated heterocycles. The summed E-state index contributed by atoms with van der Waals surface area (Å²) >= 11 is 9.14. The molecule has 34 heavy (non-hydrogen) atoms. The Morgan fingerprint density at radius 1 is 1.32 bits per heavy atom. The van der Waals surface area contributed by atoms with Crippen LogP contribution in [0, 0.1) is 5.41 Å². The molecule has 2 aliphatic heterocycles. The van der Waals surface area contributed by atoms with Gasteiger partial charge in [0.05, 0.1) is 29.4 Å². The zero-order valence-corrected chi connectivity index (χ0v) is 21.6. The molecular weight excluding hydrogens is 498 g/mol. The molecule has 1 aromatic carbocycles. The first-order valence-electron chi connectivity index (χ1n) is 10.8. The Morgan fingerprint density at radius 2 is 2.09 bits per heavy atom. The number of aromatic nitrogens is 1. The number of fused-ring (bicyclic) bond motifs is 2. The fraction of sp³-hybridized carbons (Fsp3) is 0.478. The molecule has 2 aromatic rings. The van der Waals surface area contributed by atoms with Crippen molar-refractivity contribution in [3.63, 3.8) is 0 Å². The van der Waals surface area contributed by atoms with E-state index in [1.54, 1.807) is 35.9 Å². The number of ether oxygens (including phenoxy) is 1. The average molecular weight is 524 g/mol. The number of hydrogen-bond acceptors (Lipinski definition) is 7. The molecule has 2 amide bonds. The Balaban J connectivity index is 1.49. The molecular formula is C23H26ClN3O5S2. The van der Waals surface area contributed by atoms with Crippen LogP contribution in [0.15, 0.2) is 28.6 Å². The second kappa shape index (κ2) is 9.39. The molecule has 1 fully saturated rings. The van der Waals surface area contributed by atoms with E-state index in [4.69, 9.17) is 16.3 Å². The van der Waals surface area contributed by atoms with Gasteiger partial charge in [-0.25, -0.2) is 9.78 Å². The summed E-state index contributed by atoms with van der Waals surface area (Å²) in [4.78, 5) is 44.6. The summed E-state index contributed by atoms with van der Waals surface area (Å²) < 4.78 is 5.78. The predicted octanol–water partition coefficient (Wildman–Crippen LogP) is 4.30. The van der Waals surface area contributed by atoms with E-state index in [1.165, 1.54) is 30.2 Å². The largest absolute Gasteiger partial charge is 0.481 e. The van der Waals surface area contributed by atoms with Crippen LogP contribution in [0.3, 0.4) is 0 Å². The standard InChI is InChI=1S/C23H26ClN3O5S2/c1-22(2,20(29)30)13-33-19-10-25-17(34-19)9-18(28)27-12-23(6-7-26(11-23)21(31)32-3)15-8-14(24)4-5-16(15)27/h4-5,8,10H,6-7,9,11-13H2,1-3H3,(H,29,30). The number of anilines is 1. The maximum atomic E-state index is 13.4. The Kier molecular flexibility index (Phi) is 6.85. The van der Waals surface area contributed by atoms with Gasteiger partial charge in [-0.2, -0.15) is 0 Å². The van der Waals surface area contributed by atoms with Gasteiger partial charge in [-0.15, -0.1) is 23.1 Å². The normalized spacial score (nSPS) is 19.5. The van der Waals surface area contributed by atoms with Crippen molar-refractivity contribution in [2.75, 3.05) is 37.4 Å². The monoisotopic (exact) mass is 523 g/mol. The summed E-state index contributed by atoms with van der Waals surface area (Å²) in [5, 5.41) is 10.6. The van der Waals surface area contributed by atoms with Crippen LogP contribution in [0.4, 0.5) is 10.5 Å². The minimum Gasteiger partial charge on any atom is -0.481 e. The van der Waals surface area contributed by atoms with E-state index in [-0.39, 0.29) is 23.8 Å². The number of amides is 2. The van der Waals surface area contributed by atoms with Crippen molar-refractivity contribution in [2.24, 2.45) is 5.41 Å².